The minimum Gasteiger partial charge on any atom is -0.399 e. The lowest BCUT2D eigenvalue weighted by atomic mass is 10.2. The number of rotatable bonds is 5. The molecule has 13 heavy (non-hydrogen) atoms. The van der Waals surface area contributed by atoms with Gasteiger partial charge in [-0.15, -0.1) is 0 Å². The Morgan fingerprint density at radius 2 is 2.31 bits per heavy atom. The van der Waals surface area contributed by atoms with E-state index in [2.05, 4.69) is 6.07 Å². The van der Waals surface area contributed by atoms with Gasteiger partial charge in [0.15, 0.2) is 0 Å². The molecule has 0 aliphatic heterocycles. The van der Waals surface area contributed by atoms with Gasteiger partial charge in [0.1, 0.15) is 0 Å². The first-order chi connectivity index (χ1) is 6.33. The van der Waals surface area contributed by atoms with Gasteiger partial charge in [0.05, 0.1) is 6.61 Å². The monoisotopic (exact) mass is 197 g/mol. The second-order valence-electron chi connectivity index (χ2n) is 2.79. The summed E-state index contributed by atoms with van der Waals surface area (Å²) in [6.07, 6.45) is 0. The van der Waals surface area contributed by atoms with Gasteiger partial charge >= 0.3 is 0 Å². The molecule has 1 aromatic rings. The summed E-state index contributed by atoms with van der Waals surface area (Å²) in [6, 6.07) is 8.00. The van der Waals surface area contributed by atoms with Crippen LogP contribution in [-0.4, -0.2) is 19.5 Å². The molecule has 72 valence electrons. The Balaban J connectivity index is 2.28. The molecular formula is C10H15NOS. The van der Waals surface area contributed by atoms with Gasteiger partial charge in [-0.1, -0.05) is 12.1 Å². The van der Waals surface area contributed by atoms with E-state index in [1.165, 1.54) is 5.56 Å². The van der Waals surface area contributed by atoms with Crippen LogP contribution < -0.4 is 5.73 Å². The molecule has 0 atom stereocenters. The van der Waals surface area contributed by atoms with Crippen LogP contribution in [0.1, 0.15) is 5.56 Å². The van der Waals surface area contributed by atoms with Crippen LogP contribution in [-0.2, 0) is 10.5 Å². The zero-order valence-electron chi connectivity index (χ0n) is 7.82. The molecule has 0 aromatic heterocycles. The third kappa shape index (κ3) is 4.20. The lowest BCUT2D eigenvalue weighted by molar-refractivity contribution is 0.218. The Kier molecular flexibility index (Phi) is 4.72. The summed E-state index contributed by atoms with van der Waals surface area (Å²) in [5, 5.41) is 0. The predicted molar refractivity (Wildman–Crippen MR) is 58.9 cm³/mol. The fourth-order valence-corrected chi connectivity index (χ4v) is 1.86. The number of hydrogen-bond acceptors (Lipinski definition) is 3. The van der Waals surface area contributed by atoms with Gasteiger partial charge in [0, 0.05) is 24.3 Å². The quantitative estimate of drug-likeness (QED) is 0.580. The van der Waals surface area contributed by atoms with Crippen LogP contribution in [0.5, 0.6) is 0 Å². The highest BCUT2D eigenvalue weighted by atomic mass is 32.2. The summed E-state index contributed by atoms with van der Waals surface area (Å²) in [4.78, 5) is 0. The molecule has 0 spiro atoms. The van der Waals surface area contributed by atoms with Crippen molar-refractivity contribution >= 4 is 17.4 Å². The SMILES string of the molecule is COCCSCc1cccc(N)c1. The van der Waals surface area contributed by atoms with Gasteiger partial charge in [-0.2, -0.15) is 11.8 Å². The third-order valence-corrected chi connectivity index (χ3v) is 2.64. The molecule has 2 nitrogen and oxygen atoms in total. The molecule has 0 saturated heterocycles. The van der Waals surface area contributed by atoms with E-state index >= 15 is 0 Å². The summed E-state index contributed by atoms with van der Waals surface area (Å²) in [6.45, 7) is 0.812. The molecular weight excluding hydrogens is 182 g/mol. The number of nitrogen functional groups attached to an aromatic ring is 1. The first-order valence-electron chi connectivity index (χ1n) is 4.24. The molecule has 0 fully saturated rings. The number of methoxy groups -OCH3 is 1. The molecule has 3 heteroatoms. The van der Waals surface area contributed by atoms with Crippen molar-refractivity contribution in [3.8, 4) is 0 Å². The zero-order valence-corrected chi connectivity index (χ0v) is 8.64. The predicted octanol–water partition coefficient (Wildman–Crippen LogP) is 2.15. The number of benzene rings is 1. The average molecular weight is 197 g/mol. The van der Waals surface area contributed by atoms with Crippen LogP contribution in [0.3, 0.4) is 0 Å². The van der Waals surface area contributed by atoms with Crippen LogP contribution in [0.2, 0.25) is 0 Å². The fraction of sp³-hybridized carbons (Fsp3) is 0.400. The molecule has 0 amide bonds. The highest BCUT2D eigenvalue weighted by Crippen LogP contribution is 2.14. The van der Waals surface area contributed by atoms with E-state index in [9.17, 15) is 0 Å². The van der Waals surface area contributed by atoms with Crippen molar-refractivity contribution in [1.82, 2.24) is 0 Å². The molecule has 1 aromatic carbocycles. The standard InChI is InChI=1S/C10H15NOS/c1-12-5-6-13-8-9-3-2-4-10(11)7-9/h2-4,7H,5-6,8,11H2,1H3. The smallest absolute Gasteiger partial charge is 0.0553 e. The molecule has 0 unspecified atom stereocenters. The molecule has 0 aliphatic carbocycles. The minimum absolute atomic E-state index is 0.812. The van der Waals surface area contributed by atoms with E-state index in [0.717, 1.165) is 23.8 Å². The fourth-order valence-electron chi connectivity index (χ4n) is 1.02. The first-order valence-corrected chi connectivity index (χ1v) is 5.39. The van der Waals surface area contributed by atoms with Crippen molar-refractivity contribution in [3.05, 3.63) is 29.8 Å². The Bertz CT molecular complexity index is 252. The summed E-state index contributed by atoms with van der Waals surface area (Å²) in [7, 11) is 1.72. The maximum Gasteiger partial charge on any atom is 0.0553 e. The van der Waals surface area contributed by atoms with Crippen LogP contribution in [0.25, 0.3) is 0 Å². The molecule has 0 aliphatic rings. The maximum atomic E-state index is 5.66. The van der Waals surface area contributed by atoms with Gasteiger partial charge in [-0.05, 0) is 17.7 Å². The number of nitrogens with two attached hydrogens (primary N) is 1. The molecule has 0 bridgehead atoms. The van der Waals surface area contributed by atoms with Crippen molar-refractivity contribution in [2.24, 2.45) is 0 Å². The van der Waals surface area contributed by atoms with Crippen molar-refractivity contribution < 1.29 is 4.74 Å². The van der Waals surface area contributed by atoms with Crippen LogP contribution in [0.4, 0.5) is 5.69 Å². The van der Waals surface area contributed by atoms with E-state index in [0.29, 0.717) is 0 Å². The average Bonchev–Trinajstić information content (AvgIpc) is 2.13. The summed E-state index contributed by atoms with van der Waals surface area (Å²) < 4.78 is 4.96. The van der Waals surface area contributed by atoms with E-state index in [-0.39, 0.29) is 0 Å². The minimum atomic E-state index is 0.812. The van der Waals surface area contributed by atoms with Gasteiger partial charge in [-0.25, -0.2) is 0 Å². The van der Waals surface area contributed by atoms with E-state index in [1.54, 1.807) is 7.11 Å². The summed E-state index contributed by atoms with van der Waals surface area (Å²) in [5.74, 6) is 2.04. The normalized spacial score (nSPS) is 10.2. The highest BCUT2D eigenvalue weighted by Gasteiger charge is 1.93. The highest BCUT2D eigenvalue weighted by molar-refractivity contribution is 7.98. The van der Waals surface area contributed by atoms with E-state index < -0.39 is 0 Å². The van der Waals surface area contributed by atoms with Crippen molar-refractivity contribution in [3.63, 3.8) is 0 Å². The van der Waals surface area contributed by atoms with Gasteiger partial charge < -0.3 is 10.5 Å². The topological polar surface area (TPSA) is 35.2 Å². The summed E-state index contributed by atoms with van der Waals surface area (Å²) >= 11 is 1.86. The Hall–Kier alpha value is -0.670. The third-order valence-electron chi connectivity index (χ3n) is 1.65. The number of ether oxygens (including phenoxy) is 1. The Morgan fingerprint density at radius 1 is 1.46 bits per heavy atom. The number of anilines is 1. The van der Waals surface area contributed by atoms with E-state index in [4.69, 9.17) is 10.5 Å². The maximum absolute atomic E-state index is 5.66. The van der Waals surface area contributed by atoms with Gasteiger partial charge in [-0.3, -0.25) is 0 Å². The van der Waals surface area contributed by atoms with Gasteiger partial charge in [0.2, 0.25) is 0 Å². The molecule has 0 radical (unpaired) electrons. The Morgan fingerprint density at radius 3 is 3.00 bits per heavy atom. The molecule has 1 rings (SSSR count). The molecule has 2 N–H and O–H groups in total. The summed E-state index contributed by atoms with van der Waals surface area (Å²) in [5.41, 5.74) is 7.77. The molecule has 0 saturated carbocycles. The van der Waals surface area contributed by atoms with Crippen LogP contribution >= 0.6 is 11.8 Å². The second kappa shape index (κ2) is 5.89. The van der Waals surface area contributed by atoms with Crippen molar-refractivity contribution in [2.75, 3.05) is 25.2 Å². The van der Waals surface area contributed by atoms with Crippen molar-refractivity contribution in [2.45, 2.75) is 5.75 Å². The van der Waals surface area contributed by atoms with Crippen LogP contribution in [0.15, 0.2) is 24.3 Å². The molecule has 0 heterocycles. The first kappa shape index (κ1) is 10.4. The zero-order chi connectivity index (χ0) is 9.52. The number of thioether (sulfide) groups is 1. The number of hydrogen-bond donors (Lipinski definition) is 1. The van der Waals surface area contributed by atoms with Gasteiger partial charge in [0.25, 0.3) is 0 Å². The van der Waals surface area contributed by atoms with E-state index in [1.807, 2.05) is 30.0 Å². The second-order valence-corrected chi connectivity index (χ2v) is 3.90. The largest absolute Gasteiger partial charge is 0.399 e. The lowest BCUT2D eigenvalue weighted by Crippen LogP contribution is -1.92. The lowest BCUT2D eigenvalue weighted by Gasteiger charge is -2.02. The Labute approximate surface area is 83.5 Å². The van der Waals surface area contributed by atoms with Crippen molar-refractivity contribution in [1.29, 1.82) is 0 Å². The van der Waals surface area contributed by atoms with Crippen LogP contribution in [0, 0.1) is 0 Å².